The second-order valence-corrected chi connectivity index (χ2v) is 5.97. The molecule has 1 amide bonds. The molecule has 0 atom stereocenters. The fourth-order valence-corrected chi connectivity index (χ4v) is 2.56. The van der Waals surface area contributed by atoms with Gasteiger partial charge in [-0.1, -0.05) is 30.3 Å². The van der Waals surface area contributed by atoms with E-state index in [4.69, 9.17) is 9.84 Å². The molecule has 0 unspecified atom stereocenters. The van der Waals surface area contributed by atoms with Crippen LogP contribution in [0.25, 0.3) is 11.4 Å². The van der Waals surface area contributed by atoms with E-state index in [-0.39, 0.29) is 18.1 Å². The van der Waals surface area contributed by atoms with Gasteiger partial charge in [-0.15, -0.1) is 0 Å². The predicted octanol–water partition coefficient (Wildman–Crippen LogP) is 2.88. The molecule has 1 heterocycles. The Balaban J connectivity index is 1.84. The number of carbonyl (C=O) groups is 2. The predicted molar refractivity (Wildman–Crippen MR) is 102 cm³/mol. The van der Waals surface area contributed by atoms with Crippen molar-refractivity contribution < 1.29 is 23.8 Å². The van der Waals surface area contributed by atoms with Crippen molar-refractivity contribution in [1.82, 2.24) is 9.55 Å². The van der Waals surface area contributed by atoms with Gasteiger partial charge in [-0.05, 0) is 29.8 Å². The molecule has 0 aliphatic carbocycles. The van der Waals surface area contributed by atoms with Crippen LogP contribution in [0.4, 0.5) is 14.9 Å². The molecule has 9 heteroatoms. The first-order chi connectivity index (χ1) is 13.9. The van der Waals surface area contributed by atoms with E-state index in [2.05, 4.69) is 10.3 Å². The molecule has 0 radical (unpaired) electrons. The smallest absolute Gasteiger partial charge is 0.412 e. The number of benzene rings is 2. The van der Waals surface area contributed by atoms with E-state index < -0.39 is 30.0 Å². The van der Waals surface area contributed by atoms with Gasteiger partial charge in [0.25, 0.3) is 5.56 Å². The highest BCUT2D eigenvalue weighted by Crippen LogP contribution is 2.17. The highest BCUT2D eigenvalue weighted by Gasteiger charge is 2.16. The second kappa shape index (κ2) is 8.79. The first-order valence-electron chi connectivity index (χ1n) is 8.49. The molecule has 0 aliphatic rings. The van der Waals surface area contributed by atoms with Gasteiger partial charge in [-0.3, -0.25) is 19.5 Å². The van der Waals surface area contributed by atoms with Gasteiger partial charge in [0, 0.05) is 5.56 Å². The van der Waals surface area contributed by atoms with E-state index in [1.807, 2.05) is 6.07 Å². The Kier molecular flexibility index (Phi) is 5.98. The summed E-state index contributed by atoms with van der Waals surface area (Å²) in [5.74, 6) is -1.73. The number of ether oxygens (including phenoxy) is 1. The number of carboxylic acid groups (broad SMARTS) is 1. The van der Waals surface area contributed by atoms with Crippen molar-refractivity contribution in [2.75, 3.05) is 5.32 Å². The molecule has 2 aromatic carbocycles. The summed E-state index contributed by atoms with van der Waals surface area (Å²) in [7, 11) is 0. The van der Waals surface area contributed by atoms with Gasteiger partial charge in [0.2, 0.25) is 0 Å². The highest BCUT2D eigenvalue weighted by molar-refractivity contribution is 5.84. The number of nitrogens with zero attached hydrogens (tertiary/aromatic N) is 2. The summed E-state index contributed by atoms with van der Waals surface area (Å²) in [6, 6.07) is 14.0. The van der Waals surface area contributed by atoms with Crippen LogP contribution in [0.1, 0.15) is 5.56 Å². The lowest BCUT2D eigenvalue weighted by Gasteiger charge is -2.13. The summed E-state index contributed by atoms with van der Waals surface area (Å²) in [4.78, 5) is 39.9. The van der Waals surface area contributed by atoms with Crippen molar-refractivity contribution >= 4 is 17.7 Å². The van der Waals surface area contributed by atoms with Crippen LogP contribution in [0.5, 0.6) is 0 Å². The number of anilines is 1. The molecule has 3 rings (SSSR count). The molecule has 0 saturated heterocycles. The lowest BCUT2D eigenvalue weighted by Crippen LogP contribution is -2.30. The van der Waals surface area contributed by atoms with E-state index in [1.54, 1.807) is 24.3 Å². The molecule has 8 nitrogen and oxygen atoms in total. The maximum atomic E-state index is 13.2. The van der Waals surface area contributed by atoms with Gasteiger partial charge in [0.1, 0.15) is 30.5 Å². The zero-order valence-corrected chi connectivity index (χ0v) is 15.0. The lowest BCUT2D eigenvalue weighted by atomic mass is 10.2. The molecule has 0 fully saturated rings. The number of carbonyl (C=O) groups excluding carboxylic acids is 1. The fraction of sp³-hybridized carbons (Fsp3) is 0.100. The molecule has 148 valence electrons. The van der Waals surface area contributed by atoms with Crippen LogP contribution in [-0.4, -0.2) is 26.7 Å². The standard InChI is InChI=1S/C20H16FN3O5/c21-15-8-6-14(7-9-15)18-22-10-16(19(27)24(18)11-17(25)26)23-20(28)29-12-13-4-2-1-3-5-13/h1-10H,11-12H2,(H,23,28)(H,25,26). The van der Waals surface area contributed by atoms with Gasteiger partial charge >= 0.3 is 12.1 Å². The number of hydrogen-bond donors (Lipinski definition) is 2. The largest absolute Gasteiger partial charge is 0.480 e. The van der Waals surface area contributed by atoms with Crippen LogP contribution in [0.3, 0.4) is 0 Å². The van der Waals surface area contributed by atoms with Gasteiger partial charge in [0.15, 0.2) is 0 Å². The number of halogens is 1. The normalized spacial score (nSPS) is 10.4. The Morgan fingerprint density at radius 2 is 1.79 bits per heavy atom. The zero-order valence-electron chi connectivity index (χ0n) is 15.0. The first kappa shape index (κ1) is 19.7. The molecule has 2 N–H and O–H groups in total. The molecule has 29 heavy (non-hydrogen) atoms. The monoisotopic (exact) mass is 397 g/mol. The summed E-state index contributed by atoms with van der Waals surface area (Å²) in [5, 5.41) is 11.4. The van der Waals surface area contributed by atoms with Gasteiger partial charge in [0.05, 0.1) is 6.20 Å². The minimum atomic E-state index is -1.28. The Morgan fingerprint density at radius 1 is 1.10 bits per heavy atom. The van der Waals surface area contributed by atoms with Crippen LogP contribution in [0.2, 0.25) is 0 Å². The lowest BCUT2D eigenvalue weighted by molar-refractivity contribution is -0.137. The number of carboxylic acids is 1. The van der Waals surface area contributed by atoms with Crippen LogP contribution >= 0.6 is 0 Å². The number of nitrogens with one attached hydrogen (secondary N) is 1. The molecular formula is C20H16FN3O5. The van der Waals surface area contributed by atoms with Crippen LogP contribution in [0.15, 0.2) is 65.6 Å². The Bertz CT molecular complexity index is 1080. The molecule has 3 aromatic rings. The Morgan fingerprint density at radius 3 is 2.45 bits per heavy atom. The highest BCUT2D eigenvalue weighted by atomic mass is 19.1. The van der Waals surface area contributed by atoms with Gasteiger partial charge < -0.3 is 9.84 Å². The number of hydrogen-bond acceptors (Lipinski definition) is 5. The maximum Gasteiger partial charge on any atom is 0.412 e. The van der Waals surface area contributed by atoms with Crippen molar-refractivity contribution in [2.24, 2.45) is 0 Å². The molecule has 0 saturated carbocycles. The molecule has 0 aliphatic heterocycles. The zero-order chi connectivity index (χ0) is 20.8. The number of rotatable bonds is 6. The quantitative estimate of drug-likeness (QED) is 0.662. The van der Waals surface area contributed by atoms with Crippen molar-refractivity contribution in [2.45, 2.75) is 13.2 Å². The van der Waals surface area contributed by atoms with Crippen LogP contribution in [0, 0.1) is 5.82 Å². The summed E-state index contributed by atoms with van der Waals surface area (Å²) in [6.45, 7) is -0.690. The molecular weight excluding hydrogens is 381 g/mol. The molecule has 1 aromatic heterocycles. The SMILES string of the molecule is O=C(O)Cn1c(-c2ccc(F)cc2)ncc(NC(=O)OCc2ccccc2)c1=O. The van der Waals surface area contributed by atoms with Crippen LogP contribution in [-0.2, 0) is 22.7 Å². The minimum Gasteiger partial charge on any atom is -0.480 e. The Labute approximate surface area is 164 Å². The third kappa shape index (κ3) is 5.04. The number of aliphatic carboxylic acids is 1. The fourth-order valence-electron chi connectivity index (χ4n) is 2.56. The van der Waals surface area contributed by atoms with Crippen molar-refractivity contribution in [1.29, 1.82) is 0 Å². The maximum absolute atomic E-state index is 13.2. The summed E-state index contributed by atoms with van der Waals surface area (Å²) >= 11 is 0. The van der Waals surface area contributed by atoms with Crippen molar-refractivity contribution in [3.8, 4) is 11.4 Å². The van der Waals surface area contributed by atoms with E-state index in [1.165, 1.54) is 24.3 Å². The average Bonchev–Trinajstić information content (AvgIpc) is 2.71. The number of aromatic nitrogens is 2. The number of amides is 1. The molecule has 0 spiro atoms. The van der Waals surface area contributed by atoms with Crippen LogP contribution < -0.4 is 10.9 Å². The van der Waals surface area contributed by atoms with E-state index in [0.29, 0.717) is 5.56 Å². The van der Waals surface area contributed by atoms with E-state index >= 15 is 0 Å². The third-order valence-electron chi connectivity index (χ3n) is 3.89. The van der Waals surface area contributed by atoms with Crippen molar-refractivity contribution in [3.63, 3.8) is 0 Å². The van der Waals surface area contributed by atoms with Crippen molar-refractivity contribution in [3.05, 3.63) is 82.5 Å². The third-order valence-corrected chi connectivity index (χ3v) is 3.89. The van der Waals surface area contributed by atoms with Gasteiger partial charge in [-0.2, -0.15) is 0 Å². The average molecular weight is 397 g/mol. The summed E-state index contributed by atoms with van der Waals surface area (Å²) in [5.41, 5.74) is 0.0900. The van der Waals surface area contributed by atoms with E-state index in [9.17, 15) is 18.8 Å². The van der Waals surface area contributed by atoms with E-state index in [0.717, 1.165) is 16.3 Å². The second-order valence-electron chi connectivity index (χ2n) is 5.97. The summed E-state index contributed by atoms with van der Waals surface area (Å²) < 4.78 is 19.1. The van der Waals surface area contributed by atoms with Gasteiger partial charge in [-0.25, -0.2) is 14.2 Å². The Hall–Kier alpha value is -4.01. The summed E-state index contributed by atoms with van der Waals surface area (Å²) in [6.07, 6.45) is 0.215. The minimum absolute atomic E-state index is 0.00290. The molecule has 0 bridgehead atoms. The first-order valence-corrected chi connectivity index (χ1v) is 8.49. The topological polar surface area (TPSA) is 111 Å².